The van der Waals surface area contributed by atoms with Crippen molar-refractivity contribution in [2.45, 2.75) is 33.7 Å². The molecule has 0 atom stereocenters. The van der Waals surface area contributed by atoms with E-state index in [0.29, 0.717) is 12.2 Å². The Morgan fingerprint density at radius 3 is 2.59 bits per heavy atom. The number of methoxy groups -OCH3 is 1. The normalized spacial score (nSPS) is 10.4. The number of aromatic hydroxyl groups is 1. The van der Waals surface area contributed by atoms with E-state index < -0.39 is 0 Å². The summed E-state index contributed by atoms with van der Waals surface area (Å²) in [5.41, 5.74) is 1.65. The van der Waals surface area contributed by atoms with Crippen LogP contribution in [-0.2, 0) is 20.9 Å². The molecule has 122 valence electrons. The zero-order valence-electron chi connectivity index (χ0n) is 13.4. The molecule has 1 aromatic carbocycles. The van der Waals surface area contributed by atoms with E-state index in [2.05, 4.69) is 5.32 Å². The van der Waals surface area contributed by atoms with Crippen molar-refractivity contribution in [1.82, 2.24) is 5.32 Å². The molecule has 0 fully saturated rings. The number of aryl methyl sites for hydroxylation is 1. The van der Waals surface area contributed by atoms with Crippen molar-refractivity contribution in [3.05, 3.63) is 23.3 Å². The molecule has 1 rings (SSSR count). The SMILES string of the molecule is COc1cc(CNC(=O)COC(=O)CC(C)C)c(C)cc1O. The summed E-state index contributed by atoms with van der Waals surface area (Å²) in [7, 11) is 1.46. The van der Waals surface area contributed by atoms with Crippen LogP contribution in [0.1, 0.15) is 31.4 Å². The van der Waals surface area contributed by atoms with E-state index in [1.165, 1.54) is 7.11 Å². The van der Waals surface area contributed by atoms with Crippen LogP contribution in [0.2, 0.25) is 0 Å². The molecule has 1 aromatic rings. The first kappa shape index (κ1) is 17.8. The molecule has 0 aromatic heterocycles. The van der Waals surface area contributed by atoms with Gasteiger partial charge in [-0.2, -0.15) is 0 Å². The molecule has 0 aliphatic carbocycles. The van der Waals surface area contributed by atoms with Gasteiger partial charge in [0.05, 0.1) is 7.11 Å². The van der Waals surface area contributed by atoms with Crippen molar-refractivity contribution in [3.8, 4) is 11.5 Å². The van der Waals surface area contributed by atoms with Crippen molar-refractivity contribution in [3.63, 3.8) is 0 Å². The Morgan fingerprint density at radius 2 is 2.00 bits per heavy atom. The van der Waals surface area contributed by atoms with Crippen molar-refractivity contribution >= 4 is 11.9 Å². The molecule has 0 unspecified atom stereocenters. The van der Waals surface area contributed by atoms with Crippen LogP contribution in [0.25, 0.3) is 0 Å². The van der Waals surface area contributed by atoms with Gasteiger partial charge in [-0.1, -0.05) is 13.8 Å². The second-order valence-electron chi connectivity index (χ2n) is 5.49. The van der Waals surface area contributed by atoms with Gasteiger partial charge < -0.3 is 19.9 Å². The summed E-state index contributed by atoms with van der Waals surface area (Å²) in [6, 6.07) is 3.23. The fourth-order valence-corrected chi connectivity index (χ4v) is 1.85. The molecule has 0 aliphatic heterocycles. The standard InChI is InChI=1S/C16H23NO5/c1-10(2)5-16(20)22-9-15(19)17-8-12-7-14(21-4)13(18)6-11(12)3/h6-7,10,18H,5,8-9H2,1-4H3,(H,17,19). The Balaban J connectivity index is 2.49. The Labute approximate surface area is 130 Å². The summed E-state index contributed by atoms with van der Waals surface area (Å²) in [5.74, 6) is -0.158. The lowest BCUT2D eigenvalue weighted by atomic mass is 10.1. The number of phenolic OH excluding ortho intramolecular Hbond substituents is 1. The maximum absolute atomic E-state index is 11.7. The van der Waals surface area contributed by atoms with Crippen LogP contribution in [0.4, 0.5) is 0 Å². The van der Waals surface area contributed by atoms with Crippen LogP contribution in [0.3, 0.4) is 0 Å². The number of phenols is 1. The average Bonchev–Trinajstić information content (AvgIpc) is 2.43. The number of carbonyl (C=O) groups is 2. The lowest BCUT2D eigenvalue weighted by Crippen LogP contribution is -2.28. The van der Waals surface area contributed by atoms with Gasteiger partial charge in [-0.25, -0.2) is 0 Å². The first-order valence-corrected chi connectivity index (χ1v) is 7.12. The lowest BCUT2D eigenvalue weighted by molar-refractivity contribution is -0.149. The molecule has 0 aliphatic rings. The number of esters is 1. The summed E-state index contributed by atoms with van der Waals surface area (Å²) in [6.45, 7) is 5.61. The third-order valence-electron chi connectivity index (χ3n) is 3.05. The number of benzene rings is 1. The van der Waals surface area contributed by atoms with Crippen molar-refractivity contribution < 1.29 is 24.2 Å². The first-order valence-electron chi connectivity index (χ1n) is 7.12. The van der Waals surface area contributed by atoms with Gasteiger partial charge >= 0.3 is 5.97 Å². The Kier molecular flexibility index (Phi) is 6.69. The smallest absolute Gasteiger partial charge is 0.306 e. The monoisotopic (exact) mass is 309 g/mol. The second kappa shape index (κ2) is 8.26. The van der Waals surface area contributed by atoms with E-state index in [4.69, 9.17) is 9.47 Å². The number of nitrogens with one attached hydrogen (secondary N) is 1. The van der Waals surface area contributed by atoms with Crippen LogP contribution in [-0.4, -0.2) is 30.7 Å². The summed E-state index contributed by atoms with van der Waals surface area (Å²) in [5, 5.41) is 12.3. The number of carbonyl (C=O) groups excluding carboxylic acids is 2. The minimum absolute atomic E-state index is 0.0534. The van der Waals surface area contributed by atoms with Crippen molar-refractivity contribution in [2.24, 2.45) is 5.92 Å². The average molecular weight is 309 g/mol. The maximum Gasteiger partial charge on any atom is 0.306 e. The number of hydrogen-bond donors (Lipinski definition) is 2. The zero-order valence-corrected chi connectivity index (χ0v) is 13.4. The van der Waals surface area contributed by atoms with Crippen LogP contribution in [0, 0.1) is 12.8 Å². The highest BCUT2D eigenvalue weighted by Gasteiger charge is 2.11. The third-order valence-corrected chi connectivity index (χ3v) is 3.05. The molecule has 0 saturated heterocycles. The van der Waals surface area contributed by atoms with Crippen LogP contribution >= 0.6 is 0 Å². The first-order chi connectivity index (χ1) is 10.3. The van der Waals surface area contributed by atoms with Gasteiger partial charge in [-0.3, -0.25) is 9.59 Å². The molecule has 22 heavy (non-hydrogen) atoms. The molecular weight excluding hydrogens is 286 g/mol. The van der Waals surface area contributed by atoms with Gasteiger partial charge in [0.25, 0.3) is 5.91 Å². The zero-order chi connectivity index (χ0) is 16.7. The van der Waals surface area contributed by atoms with E-state index in [1.54, 1.807) is 12.1 Å². The molecule has 0 bridgehead atoms. The predicted octanol–water partition coefficient (Wildman–Crippen LogP) is 1.91. The van der Waals surface area contributed by atoms with E-state index in [-0.39, 0.29) is 36.7 Å². The lowest BCUT2D eigenvalue weighted by Gasteiger charge is -2.12. The highest BCUT2D eigenvalue weighted by molar-refractivity contribution is 5.80. The van der Waals surface area contributed by atoms with Gasteiger partial charge in [0.15, 0.2) is 18.1 Å². The van der Waals surface area contributed by atoms with E-state index in [9.17, 15) is 14.7 Å². The molecule has 0 spiro atoms. The number of hydrogen-bond acceptors (Lipinski definition) is 5. The minimum atomic E-state index is -0.382. The summed E-state index contributed by atoms with van der Waals surface area (Å²) in [6.07, 6.45) is 0.293. The molecule has 1 amide bonds. The molecule has 0 radical (unpaired) electrons. The van der Waals surface area contributed by atoms with E-state index in [1.807, 2.05) is 20.8 Å². The largest absolute Gasteiger partial charge is 0.504 e. The Bertz CT molecular complexity index is 540. The van der Waals surface area contributed by atoms with Crippen molar-refractivity contribution in [1.29, 1.82) is 0 Å². The fraction of sp³-hybridized carbons (Fsp3) is 0.500. The molecule has 0 heterocycles. The van der Waals surface area contributed by atoms with Gasteiger partial charge in [0.2, 0.25) is 0 Å². The Hall–Kier alpha value is -2.24. The second-order valence-corrected chi connectivity index (χ2v) is 5.49. The fourth-order valence-electron chi connectivity index (χ4n) is 1.85. The van der Waals surface area contributed by atoms with E-state index >= 15 is 0 Å². The van der Waals surface area contributed by atoms with Gasteiger partial charge in [-0.15, -0.1) is 0 Å². The number of rotatable bonds is 7. The van der Waals surface area contributed by atoms with Crippen LogP contribution in [0.5, 0.6) is 11.5 Å². The highest BCUT2D eigenvalue weighted by atomic mass is 16.5. The third kappa shape index (κ3) is 5.63. The molecule has 2 N–H and O–H groups in total. The van der Waals surface area contributed by atoms with E-state index in [0.717, 1.165) is 11.1 Å². The highest BCUT2D eigenvalue weighted by Crippen LogP contribution is 2.28. The molecular formula is C16H23NO5. The Morgan fingerprint density at radius 1 is 1.32 bits per heavy atom. The van der Waals surface area contributed by atoms with Gasteiger partial charge in [0, 0.05) is 13.0 Å². The van der Waals surface area contributed by atoms with Crippen molar-refractivity contribution in [2.75, 3.05) is 13.7 Å². The molecule has 0 saturated carbocycles. The quantitative estimate of drug-likeness (QED) is 0.752. The summed E-state index contributed by atoms with van der Waals surface area (Å²) in [4.78, 5) is 23.0. The predicted molar refractivity (Wildman–Crippen MR) is 81.7 cm³/mol. The molecule has 6 heteroatoms. The topological polar surface area (TPSA) is 84.9 Å². The minimum Gasteiger partial charge on any atom is -0.504 e. The summed E-state index contributed by atoms with van der Waals surface area (Å²) < 4.78 is 9.91. The maximum atomic E-state index is 11.7. The number of ether oxygens (including phenoxy) is 2. The summed E-state index contributed by atoms with van der Waals surface area (Å²) >= 11 is 0. The van der Waals surface area contributed by atoms with Gasteiger partial charge in [-0.05, 0) is 36.1 Å². The molecule has 6 nitrogen and oxygen atoms in total. The van der Waals surface area contributed by atoms with Gasteiger partial charge in [0.1, 0.15) is 0 Å². The number of amides is 1. The van der Waals surface area contributed by atoms with Crippen LogP contribution < -0.4 is 10.1 Å². The van der Waals surface area contributed by atoms with Crippen LogP contribution in [0.15, 0.2) is 12.1 Å².